The van der Waals surface area contributed by atoms with Crippen molar-refractivity contribution in [2.45, 2.75) is 51.0 Å². The van der Waals surface area contributed by atoms with Crippen molar-refractivity contribution in [3.8, 4) is 0 Å². The number of ketones is 1. The van der Waals surface area contributed by atoms with E-state index in [1.54, 1.807) is 9.80 Å². The quantitative estimate of drug-likeness (QED) is 0.464. The molecule has 0 spiro atoms. The molecule has 9 nitrogen and oxygen atoms in total. The summed E-state index contributed by atoms with van der Waals surface area (Å²) in [6.45, 7) is 2.35. The van der Waals surface area contributed by atoms with Gasteiger partial charge in [0.1, 0.15) is 0 Å². The van der Waals surface area contributed by atoms with E-state index >= 15 is 0 Å². The number of anilines is 2. The number of rotatable bonds is 6. The molecule has 0 aliphatic carbocycles. The molecule has 39 heavy (non-hydrogen) atoms. The number of carbonyl (C=O) groups is 4. The van der Waals surface area contributed by atoms with Crippen molar-refractivity contribution in [1.82, 2.24) is 15.1 Å². The minimum absolute atomic E-state index is 0.0721. The van der Waals surface area contributed by atoms with Crippen LogP contribution in [-0.4, -0.2) is 58.7 Å². The van der Waals surface area contributed by atoms with E-state index in [9.17, 15) is 32.3 Å². The molecular formula is C26H27ClF3N5O4. The number of amides is 5. The Labute approximate surface area is 227 Å². The molecule has 2 aliphatic heterocycles. The number of urea groups is 2. The maximum Gasteiger partial charge on any atom is 0.418 e. The summed E-state index contributed by atoms with van der Waals surface area (Å²) in [6, 6.07) is 7.85. The Morgan fingerprint density at radius 3 is 2.49 bits per heavy atom. The Kier molecular flexibility index (Phi) is 8.34. The van der Waals surface area contributed by atoms with Crippen LogP contribution in [0.3, 0.4) is 0 Å². The van der Waals surface area contributed by atoms with Gasteiger partial charge in [-0.3, -0.25) is 9.59 Å². The summed E-state index contributed by atoms with van der Waals surface area (Å²) in [5.74, 6) is -0.908. The van der Waals surface area contributed by atoms with Gasteiger partial charge in [0.2, 0.25) is 5.91 Å². The lowest BCUT2D eigenvalue weighted by molar-refractivity contribution is -0.137. The number of carbonyl (C=O) groups excluding carboxylic acids is 4. The Bertz CT molecular complexity index is 1280. The molecule has 0 unspecified atom stereocenters. The van der Waals surface area contributed by atoms with Crippen molar-refractivity contribution in [3.05, 3.63) is 58.6 Å². The molecule has 3 N–H and O–H groups in total. The summed E-state index contributed by atoms with van der Waals surface area (Å²) < 4.78 is 40.0. The van der Waals surface area contributed by atoms with Gasteiger partial charge in [0, 0.05) is 36.4 Å². The average Bonchev–Trinajstić information content (AvgIpc) is 2.88. The molecule has 0 bridgehead atoms. The minimum Gasteiger partial charge on any atom is -0.342 e. The van der Waals surface area contributed by atoms with Crippen molar-refractivity contribution in [3.63, 3.8) is 0 Å². The molecule has 2 aromatic rings. The number of hydrogen-bond acceptors (Lipinski definition) is 4. The van der Waals surface area contributed by atoms with Crippen LogP contribution in [0, 0.1) is 0 Å². The zero-order valence-corrected chi connectivity index (χ0v) is 21.7. The molecule has 5 amide bonds. The fraction of sp³-hybridized carbons (Fsp3) is 0.385. The number of halogens is 4. The van der Waals surface area contributed by atoms with Gasteiger partial charge in [-0.25, -0.2) is 9.59 Å². The zero-order chi connectivity index (χ0) is 28.3. The topological polar surface area (TPSA) is 111 Å². The Hall–Kier alpha value is -3.80. The van der Waals surface area contributed by atoms with E-state index < -0.39 is 35.3 Å². The highest BCUT2D eigenvalue weighted by molar-refractivity contribution is 6.30. The number of hydrogen-bond donors (Lipinski definition) is 3. The van der Waals surface area contributed by atoms with Gasteiger partial charge < -0.3 is 25.8 Å². The van der Waals surface area contributed by atoms with E-state index in [2.05, 4.69) is 16.0 Å². The average molecular weight is 566 g/mol. The van der Waals surface area contributed by atoms with Crippen LogP contribution in [-0.2, 0) is 22.3 Å². The maximum absolute atomic E-state index is 13.3. The molecule has 1 fully saturated rings. The molecule has 2 aliphatic rings. The predicted molar refractivity (Wildman–Crippen MR) is 138 cm³/mol. The van der Waals surface area contributed by atoms with Crippen molar-refractivity contribution in [1.29, 1.82) is 0 Å². The van der Waals surface area contributed by atoms with Gasteiger partial charge in [-0.05, 0) is 49.6 Å². The van der Waals surface area contributed by atoms with Gasteiger partial charge >= 0.3 is 18.2 Å². The standard InChI is InChI=1S/C26H27ClF3N5O4/c1-15(36)22(32-24(38)31-21-7-6-17(27)12-19(21)26(28,29)30)13-23(37)34-10-8-18(9-11-34)35-14-16-4-2-3-5-20(16)33-25(35)39/h2-7,12,18,22H,8-11,13-14H2,1H3,(H,33,39)(H2,31,32,38)/t22-/m0/s1. The second-order valence-electron chi connectivity index (χ2n) is 9.48. The Morgan fingerprint density at radius 1 is 1.13 bits per heavy atom. The van der Waals surface area contributed by atoms with E-state index in [-0.39, 0.29) is 29.4 Å². The highest BCUT2D eigenvalue weighted by Gasteiger charge is 2.35. The second-order valence-corrected chi connectivity index (χ2v) is 9.92. The van der Waals surface area contributed by atoms with Gasteiger partial charge in [-0.1, -0.05) is 29.8 Å². The van der Waals surface area contributed by atoms with Crippen LogP contribution in [0.25, 0.3) is 0 Å². The first kappa shape index (κ1) is 28.2. The summed E-state index contributed by atoms with van der Waals surface area (Å²) in [5, 5.41) is 7.11. The summed E-state index contributed by atoms with van der Waals surface area (Å²) in [5.41, 5.74) is 0.105. The number of nitrogens with one attached hydrogen (secondary N) is 3. The maximum atomic E-state index is 13.3. The largest absolute Gasteiger partial charge is 0.418 e. The molecule has 2 aromatic carbocycles. The van der Waals surface area contributed by atoms with Crippen LogP contribution in [0.4, 0.5) is 34.1 Å². The molecule has 2 heterocycles. The number of fused-ring (bicyclic) bond motifs is 1. The van der Waals surface area contributed by atoms with Gasteiger partial charge in [-0.2, -0.15) is 13.2 Å². The van der Waals surface area contributed by atoms with E-state index in [1.807, 2.05) is 24.3 Å². The molecule has 13 heteroatoms. The number of alkyl halides is 3. The SMILES string of the molecule is CC(=O)[C@H](CC(=O)N1CCC(N2Cc3ccccc3NC2=O)CC1)NC(=O)Nc1ccc(Cl)cc1C(F)(F)F. The predicted octanol–water partition coefficient (Wildman–Crippen LogP) is 4.87. The fourth-order valence-corrected chi connectivity index (χ4v) is 4.89. The van der Waals surface area contributed by atoms with Crippen LogP contribution < -0.4 is 16.0 Å². The lowest BCUT2D eigenvalue weighted by Gasteiger charge is -2.40. The number of likely N-dealkylation sites (tertiary alicyclic amines) is 1. The van der Waals surface area contributed by atoms with Crippen LogP contribution in [0.5, 0.6) is 0 Å². The molecule has 0 aromatic heterocycles. The molecule has 1 atom stereocenters. The third-order valence-electron chi connectivity index (χ3n) is 6.83. The molecular weight excluding hydrogens is 539 g/mol. The van der Waals surface area contributed by atoms with Gasteiger partial charge in [0.05, 0.1) is 23.7 Å². The Morgan fingerprint density at radius 2 is 1.82 bits per heavy atom. The van der Waals surface area contributed by atoms with Gasteiger partial charge in [-0.15, -0.1) is 0 Å². The van der Waals surface area contributed by atoms with E-state index in [0.717, 1.165) is 17.3 Å². The van der Waals surface area contributed by atoms with E-state index in [1.165, 1.54) is 13.0 Å². The van der Waals surface area contributed by atoms with Gasteiger partial charge in [0.25, 0.3) is 0 Å². The highest BCUT2D eigenvalue weighted by Crippen LogP contribution is 2.36. The normalized spacial score (nSPS) is 16.7. The third-order valence-corrected chi connectivity index (χ3v) is 7.06. The van der Waals surface area contributed by atoms with E-state index in [4.69, 9.17) is 11.6 Å². The Balaban J connectivity index is 1.32. The third kappa shape index (κ3) is 6.80. The number of para-hydroxylation sites is 1. The summed E-state index contributed by atoms with van der Waals surface area (Å²) in [6.07, 6.45) is -4.04. The first-order valence-electron chi connectivity index (χ1n) is 12.3. The van der Waals surface area contributed by atoms with E-state index in [0.29, 0.717) is 38.5 Å². The molecule has 1 saturated heterocycles. The second kappa shape index (κ2) is 11.5. The summed E-state index contributed by atoms with van der Waals surface area (Å²) >= 11 is 5.66. The first-order valence-corrected chi connectivity index (χ1v) is 12.7. The smallest absolute Gasteiger partial charge is 0.342 e. The number of benzene rings is 2. The van der Waals surface area contributed by atoms with Crippen LogP contribution in [0.2, 0.25) is 5.02 Å². The molecule has 0 saturated carbocycles. The van der Waals surface area contributed by atoms with Crippen molar-refractivity contribution in [2.24, 2.45) is 0 Å². The van der Waals surface area contributed by atoms with Crippen molar-refractivity contribution >= 4 is 46.7 Å². The van der Waals surface area contributed by atoms with Crippen molar-refractivity contribution < 1.29 is 32.3 Å². The summed E-state index contributed by atoms with van der Waals surface area (Å²) in [7, 11) is 0. The van der Waals surface area contributed by atoms with Gasteiger partial charge in [0.15, 0.2) is 5.78 Å². The number of Topliss-reactive ketones (excluding diaryl/α,β-unsaturated/α-hetero) is 1. The summed E-state index contributed by atoms with van der Waals surface area (Å²) in [4.78, 5) is 53.4. The molecule has 208 valence electrons. The fourth-order valence-electron chi connectivity index (χ4n) is 4.72. The van der Waals surface area contributed by atoms with Crippen LogP contribution in [0.15, 0.2) is 42.5 Å². The molecule has 0 radical (unpaired) electrons. The highest BCUT2D eigenvalue weighted by atomic mass is 35.5. The lowest BCUT2D eigenvalue weighted by Crippen LogP contribution is -2.52. The monoisotopic (exact) mass is 565 g/mol. The van der Waals surface area contributed by atoms with Crippen LogP contribution >= 0.6 is 11.6 Å². The number of nitrogens with zero attached hydrogens (tertiary/aromatic N) is 2. The number of piperidine rings is 1. The minimum atomic E-state index is -4.77. The zero-order valence-electron chi connectivity index (χ0n) is 21.0. The first-order chi connectivity index (χ1) is 18.4. The lowest BCUT2D eigenvalue weighted by atomic mass is 10.00. The van der Waals surface area contributed by atoms with Crippen molar-refractivity contribution in [2.75, 3.05) is 23.7 Å². The molecule has 4 rings (SSSR count). The van der Waals surface area contributed by atoms with Crippen LogP contribution in [0.1, 0.15) is 37.3 Å².